The van der Waals surface area contributed by atoms with E-state index in [-0.39, 0.29) is 5.13 Å². The van der Waals surface area contributed by atoms with Gasteiger partial charge in [-0.3, -0.25) is 5.10 Å². The normalized spacial score (nSPS) is 18.9. The van der Waals surface area contributed by atoms with Gasteiger partial charge in [-0.1, -0.05) is 0 Å². The summed E-state index contributed by atoms with van der Waals surface area (Å²) in [4.78, 5) is 0. The smallest absolute Gasteiger partial charge is 0.241 e. The van der Waals surface area contributed by atoms with Crippen molar-refractivity contribution in [3.8, 4) is 0 Å². The first-order chi connectivity index (χ1) is 7.18. The zero-order valence-electron chi connectivity index (χ0n) is 7.90. The molecule has 2 N–H and O–H groups in total. The summed E-state index contributed by atoms with van der Waals surface area (Å²) in [6, 6.07) is 0. The van der Waals surface area contributed by atoms with Crippen LogP contribution in [0.4, 0.5) is 5.13 Å². The van der Waals surface area contributed by atoms with Crippen molar-refractivity contribution in [1.29, 1.82) is 0 Å². The Hall–Kier alpha value is -0.770. The highest BCUT2D eigenvalue weighted by atomic mass is 32.2. The van der Waals surface area contributed by atoms with Crippen molar-refractivity contribution in [3.63, 3.8) is 0 Å². The fourth-order valence-electron chi connectivity index (χ4n) is 1.32. The highest BCUT2D eigenvalue weighted by Crippen LogP contribution is 2.25. The van der Waals surface area contributed by atoms with Gasteiger partial charge in [0, 0.05) is 5.13 Å². The third-order valence-corrected chi connectivity index (χ3v) is 4.15. The average molecular weight is 249 g/mol. The van der Waals surface area contributed by atoms with E-state index in [1.165, 1.54) is 9.82 Å². The maximum Gasteiger partial charge on any atom is 0.241 e. The van der Waals surface area contributed by atoms with Crippen LogP contribution in [0.5, 0.6) is 0 Å². The van der Waals surface area contributed by atoms with E-state index in [0.29, 0.717) is 13.1 Å². The minimum atomic E-state index is -3.56. The molecule has 0 aliphatic carbocycles. The van der Waals surface area contributed by atoms with E-state index in [1.807, 2.05) is 0 Å². The monoisotopic (exact) mass is 249 g/mol. The molecular weight excluding hydrogens is 238 g/mol. The fraction of sp³-hybridized carbons (Fsp3) is 0.667. The second kappa shape index (κ2) is 4.39. The van der Waals surface area contributed by atoms with Gasteiger partial charge in [0.15, 0.2) is 0 Å². The van der Waals surface area contributed by atoms with Gasteiger partial charge >= 0.3 is 0 Å². The summed E-state index contributed by atoms with van der Waals surface area (Å²) in [6.07, 6.45) is 0. The Kier molecular flexibility index (Phi) is 3.14. The minimum Gasteiger partial charge on any atom is -0.344 e. The molecule has 1 aliphatic heterocycles. The highest BCUT2D eigenvalue weighted by Gasteiger charge is 2.22. The Morgan fingerprint density at radius 1 is 1.47 bits per heavy atom. The van der Waals surface area contributed by atoms with Crippen molar-refractivity contribution in [2.24, 2.45) is 0 Å². The molecule has 1 aliphatic rings. The molecule has 1 fully saturated rings. The Labute approximate surface area is 91.7 Å². The van der Waals surface area contributed by atoms with Crippen LogP contribution >= 0.6 is 11.3 Å². The molecular formula is C6H11N5O2S2. The summed E-state index contributed by atoms with van der Waals surface area (Å²) < 4.78 is 28.4. The van der Waals surface area contributed by atoms with E-state index in [2.05, 4.69) is 20.2 Å². The van der Waals surface area contributed by atoms with Crippen LogP contribution in [0.3, 0.4) is 0 Å². The van der Waals surface area contributed by atoms with Crippen LogP contribution in [0.1, 0.15) is 0 Å². The second-order valence-electron chi connectivity index (χ2n) is 3.06. The van der Waals surface area contributed by atoms with Crippen LogP contribution in [-0.2, 0) is 10.2 Å². The van der Waals surface area contributed by atoms with Crippen molar-refractivity contribution < 1.29 is 13.7 Å². The largest absolute Gasteiger partial charge is 0.344 e. The molecule has 2 heterocycles. The number of aromatic nitrogens is 2. The van der Waals surface area contributed by atoms with Gasteiger partial charge in [-0.2, -0.15) is 4.31 Å². The van der Waals surface area contributed by atoms with Crippen molar-refractivity contribution >= 4 is 26.7 Å². The van der Waals surface area contributed by atoms with E-state index >= 15 is 0 Å². The zero-order valence-corrected chi connectivity index (χ0v) is 9.54. The summed E-state index contributed by atoms with van der Waals surface area (Å²) in [5.41, 5.74) is 1.46. The van der Waals surface area contributed by atoms with E-state index in [9.17, 15) is 8.42 Å². The van der Waals surface area contributed by atoms with Gasteiger partial charge in [0.25, 0.3) is 0 Å². The summed E-state index contributed by atoms with van der Waals surface area (Å²) in [7, 11) is -3.56. The molecule has 0 saturated carbocycles. The topological polar surface area (TPSA) is 93.9 Å². The molecule has 2 rings (SSSR count). The van der Waals surface area contributed by atoms with E-state index in [4.69, 9.17) is 0 Å². The number of rotatable bonds is 3. The van der Waals surface area contributed by atoms with Crippen molar-refractivity contribution in [2.75, 3.05) is 26.2 Å². The Bertz CT molecular complexity index is 397. The number of hydrogen-bond acceptors (Lipinski definition) is 5. The first-order valence-corrected chi connectivity index (χ1v) is 6.77. The predicted octanol–water partition coefficient (Wildman–Crippen LogP) is -1.33. The quantitative estimate of drug-likeness (QED) is 0.718. The van der Waals surface area contributed by atoms with Gasteiger partial charge < -0.3 is 15.1 Å². The third-order valence-electron chi connectivity index (χ3n) is 2.03. The fourth-order valence-corrected chi connectivity index (χ4v) is 3.08. The van der Waals surface area contributed by atoms with Gasteiger partial charge in [-0.05, 0) is 0 Å². The Morgan fingerprint density at radius 2 is 2.20 bits per heavy atom. The number of nitrogens with zero attached hydrogens (tertiary/aromatic N) is 4. The Balaban J connectivity index is 2.05. The molecule has 0 aromatic carbocycles. The van der Waals surface area contributed by atoms with Gasteiger partial charge in [0.2, 0.25) is 10.2 Å². The molecule has 0 amide bonds. The van der Waals surface area contributed by atoms with Crippen molar-refractivity contribution in [2.45, 2.75) is 0 Å². The lowest BCUT2D eigenvalue weighted by molar-refractivity contribution is -0.661. The Morgan fingerprint density at radius 3 is 2.80 bits per heavy atom. The summed E-state index contributed by atoms with van der Waals surface area (Å²) in [6.45, 7) is 2.57. The molecule has 0 bridgehead atoms. The van der Waals surface area contributed by atoms with Crippen LogP contribution in [-0.4, -0.2) is 49.1 Å². The van der Waals surface area contributed by atoms with Crippen LogP contribution in [0.15, 0.2) is 5.51 Å². The molecule has 1 saturated heterocycles. The summed E-state index contributed by atoms with van der Waals surface area (Å²) in [5, 5.41) is 9.39. The number of piperazine rings is 1. The third kappa shape index (κ3) is 2.62. The van der Waals surface area contributed by atoms with E-state index < -0.39 is 10.2 Å². The lowest BCUT2D eigenvalue weighted by atomic mass is 10.4. The number of hydrogen-bond donors (Lipinski definition) is 1. The summed E-state index contributed by atoms with van der Waals surface area (Å²) in [5.74, 6) is 0. The first-order valence-electron chi connectivity index (χ1n) is 4.49. The average Bonchev–Trinajstić information content (AvgIpc) is 2.71. The molecule has 1 aromatic heterocycles. The second-order valence-corrected chi connectivity index (χ2v) is 5.46. The van der Waals surface area contributed by atoms with Crippen LogP contribution in [0.2, 0.25) is 0 Å². The molecule has 0 unspecified atom stereocenters. The minimum absolute atomic E-state index is 0.185. The maximum absolute atomic E-state index is 11.7. The molecule has 9 heteroatoms. The van der Waals surface area contributed by atoms with Crippen molar-refractivity contribution in [1.82, 2.24) is 14.5 Å². The predicted molar refractivity (Wildman–Crippen MR) is 55.1 cm³/mol. The van der Waals surface area contributed by atoms with E-state index in [1.54, 1.807) is 0 Å². The molecule has 0 radical (unpaired) electrons. The summed E-state index contributed by atoms with van der Waals surface area (Å²) >= 11 is 1.11. The molecule has 7 nitrogen and oxygen atoms in total. The van der Waals surface area contributed by atoms with Crippen molar-refractivity contribution in [3.05, 3.63) is 10.2 Å². The lowest BCUT2D eigenvalue weighted by Gasteiger charge is -2.27. The maximum atomic E-state index is 11.7. The van der Waals surface area contributed by atoms with Gasteiger partial charge in [0.1, 0.15) is 0 Å². The zero-order chi connectivity index (χ0) is 10.7. The van der Waals surface area contributed by atoms with E-state index in [0.717, 1.165) is 24.4 Å². The highest BCUT2D eigenvalue weighted by molar-refractivity contribution is 7.92. The number of quaternary nitrogens is 1. The molecule has 1 aromatic rings. The molecule has 15 heavy (non-hydrogen) atoms. The molecule has 0 spiro atoms. The van der Waals surface area contributed by atoms with Crippen LogP contribution in [0.25, 0.3) is 4.72 Å². The van der Waals surface area contributed by atoms with Gasteiger partial charge in [-0.25, -0.2) is 8.42 Å². The molecule has 84 valence electrons. The van der Waals surface area contributed by atoms with Crippen LogP contribution < -0.4 is 5.32 Å². The van der Waals surface area contributed by atoms with Gasteiger partial charge in [0.05, 0.1) is 31.7 Å². The first kappa shape index (κ1) is 10.7. The lowest BCUT2D eigenvalue weighted by Crippen LogP contribution is -2.89. The van der Waals surface area contributed by atoms with Gasteiger partial charge in [-0.15, -0.1) is 11.3 Å². The SMILES string of the molecule is O=S(=O)([N-]c1nncs1)N1CC[NH2+]CC1. The molecule has 0 atom stereocenters. The standard InChI is InChI=1S/C6H10N5O2S2/c12-15(13,10-6-9-8-5-14-6)11-3-1-7-2-4-11/h5,7H,1-4H2/q-1/p+1. The van der Waals surface area contributed by atoms with Crippen LogP contribution in [0, 0.1) is 0 Å². The number of nitrogens with two attached hydrogens (primary N) is 1.